The van der Waals surface area contributed by atoms with E-state index < -0.39 is 23.8 Å². The van der Waals surface area contributed by atoms with Crippen molar-refractivity contribution in [3.63, 3.8) is 0 Å². The zero-order valence-corrected chi connectivity index (χ0v) is 24.8. The van der Waals surface area contributed by atoms with E-state index in [0.717, 1.165) is 47.2 Å². The van der Waals surface area contributed by atoms with Crippen LogP contribution in [0.25, 0.3) is 0 Å². The number of hydrogen-bond donors (Lipinski definition) is 2. The van der Waals surface area contributed by atoms with Crippen LogP contribution in [0, 0.1) is 26.7 Å². The highest BCUT2D eigenvalue weighted by Gasteiger charge is 2.43. The molecule has 39 heavy (non-hydrogen) atoms. The quantitative estimate of drug-likeness (QED) is 0.378. The van der Waals surface area contributed by atoms with Crippen molar-refractivity contribution in [1.29, 1.82) is 0 Å². The second kappa shape index (κ2) is 12.7. The molecule has 1 aliphatic carbocycles. The maximum atomic E-state index is 14.5. The van der Waals surface area contributed by atoms with Crippen LogP contribution >= 0.6 is 0 Å². The molecule has 0 radical (unpaired) electrons. The third-order valence-electron chi connectivity index (χ3n) is 7.61. The van der Waals surface area contributed by atoms with E-state index >= 15 is 0 Å². The SMILES string of the molecule is CCC(C)C(NC(=O)OC(C)(C)C)C(=O)N(C1CCC1)C(C(=O)Nc1c(C)cccc1C)c1ccccc1C. The van der Waals surface area contributed by atoms with E-state index in [9.17, 15) is 14.4 Å². The van der Waals surface area contributed by atoms with E-state index in [-0.39, 0.29) is 23.8 Å². The van der Waals surface area contributed by atoms with Gasteiger partial charge < -0.3 is 20.3 Å². The van der Waals surface area contributed by atoms with Crippen LogP contribution in [0.1, 0.15) is 88.6 Å². The van der Waals surface area contributed by atoms with Crippen molar-refractivity contribution in [2.75, 3.05) is 5.32 Å². The van der Waals surface area contributed by atoms with Crippen molar-refractivity contribution in [2.45, 2.75) is 105 Å². The van der Waals surface area contributed by atoms with Crippen molar-refractivity contribution in [3.05, 3.63) is 64.7 Å². The van der Waals surface area contributed by atoms with Gasteiger partial charge in [0.25, 0.3) is 5.91 Å². The summed E-state index contributed by atoms with van der Waals surface area (Å²) >= 11 is 0. The Morgan fingerprint density at radius 1 is 0.974 bits per heavy atom. The van der Waals surface area contributed by atoms with E-state index in [4.69, 9.17) is 4.74 Å². The van der Waals surface area contributed by atoms with Crippen molar-refractivity contribution >= 4 is 23.6 Å². The molecule has 2 N–H and O–H groups in total. The van der Waals surface area contributed by atoms with Crippen molar-refractivity contribution in [3.8, 4) is 0 Å². The molecule has 2 aromatic rings. The van der Waals surface area contributed by atoms with Crippen LogP contribution in [0.4, 0.5) is 10.5 Å². The number of anilines is 1. The van der Waals surface area contributed by atoms with E-state index in [0.29, 0.717) is 6.42 Å². The predicted octanol–water partition coefficient (Wildman–Crippen LogP) is 6.61. The molecule has 0 bridgehead atoms. The van der Waals surface area contributed by atoms with Gasteiger partial charge in [0.05, 0.1) is 0 Å². The Kier molecular flexibility index (Phi) is 9.81. The Bertz CT molecular complexity index is 1160. The maximum Gasteiger partial charge on any atom is 0.408 e. The normalized spacial score (nSPS) is 15.9. The van der Waals surface area contributed by atoms with Gasteiger partial charge in [-0.25, -0.2) is 4.79 Å². The summed E-state index contributed by atoms with van der Waals surface area (Å²) in [6.07, 6.45) is 2.65. The number of nitrogens with one attached hydrogen (secondary N) is 2. The highest BCUT2D eigenvalue weighted by Crippen LogP contribution is 2.36. The summed E-state index contributed by atoms with van der Waals surface area (Å²) in [5.41, 5.74) is 3.68. The topological polar surface area (TPSA) is 87.7 Å². The number of carbonyl (C=O) groups is 3. The summed E-state index contributed by atoms with van der Waals surface area (Å²) in [4.78, 5) is 43.3. The lowest BCUT2D eigenvalue weighted by Gasteiger charge is -2.44. The zero-order chi connectivity index (χ0) is 28.9. The summed E-state index contributed by atoms with van der Waals surface area (Å²) in [7, 11) is 0. The third-order valence-corrected chi connectivity index (χ3v) is 7.61. The third kappa shape index (κ3) is 7.40. The molecule has 0 aliphatic heterocycles. The van der Waals surface area contributed by atoms with Gasteiger partial charge >= 0.3 is 6.09 Å². The van der Waals surface area contributed by atoms with E-state index in [2.05, 4.69) is 10.6 Å². The average molecular weight is 536 g/mol. The molecule has 2 aromatic carbocycles. The number of nitrogens with zero attached hydrogens (tertiary/aromatic N) is 1. The number of para-hydroxylation sites is 1. The average Bonchev–Trinajstić information content (AvgIpc) is 2.82. The smallest absolute Gasteiger partial charge is 0.408 e. The molecule has 7 heteroatoms. The fourth-order valence-corrected chi connectivity index (χ4v) is 4.98. The molecule has 1 saturated carbocycles. The molecule has 1 aliphatic rings. The summed E-state index contributed by atoms with van der Waals surface area (Å²) in [6, 6.07) is 11.8. The largest absolute Gasteiger partial charge is 0.444 e. The molecule has 3 atom stereocenters. The fraction of sp³-hybridized carbons (Fsp3) is 0.531. The minimum Gasteiger partial charge on any atom is -0.444 e. The molecule has 7 nitrogen and oxygen atoms in total. The molecule has 3 amide bonds. The minimum atomic E-state index is -0.852. The molecule has 3 rings (SSSR count). The summed E-state index contributed by atoms with van der Waals surface area (Å²) in [5, 5.41) is 6.00. The van der Waals surface area contributed by atoms with Gasteiger partial charge in [0.2, 0.25) is 5.91 Å². The molecule has 0 saturated heterocycles. The van der Waals surface area contributed by atoms with Crippen LogP contribution in [-0.2, 0) is 14.3 Å². The van der Waals surface area contributed by atoms with E-state index in [1.807, 2.05) is 77.1 Å². The molecule has 0 spiro atoms. The van der Waals surface area contributed by atoms with Gasteiger partial charge in [-0.15, -0.1) is 0 Å². The standard InChI is InChI=1S/C32H45N3O4/c1-9-20(2)27(34-31(38)39-32(6,7)8)30(37)35(24-17-13-18-24)28(25-19-11-10-14-21(25)3)29(36)33-26-22(4)15-12-16-23(26)5/h10-12,14-16,19-20,24,27-28H,9,13,17-18H2,1-8H3,(H,33,36)(H,34,38). The summed E-state index contributed by atoms with van der Waals surface area (Å²) < 4.78 is 5.51. The molecule has 3 unspecified atom stereocenters. The van der Waals surface area contributed by atoms with Crippen LogP contribution < -0.4 is 10.6 Å². The lowest BCUT2D eigenvalue weighted by Crippen LogP contribution is -2.58. The lowest BCUT2D eigenvalue weighted by molar-refractivity contribution is -0.147. The van der Waals surface area contributed by atoms with Gasteiger partial charge in [-0.05, 0) is 89.0 Å². The van der Waals surface area contributed by atoms with Crippen molar-refractivity contribution in [2.24, 2.45) is 5.92 Å². The zero-order valence-electron chi connectivity index (χ0n) is 24.8. The molecular formula is C32H45N3O4. The second-order valence-corrected chi connectivity index (χ2v) is 11.9. The molecule has 0 heterocycles. The first kappa shape index (κ1) is 30.2. The van der Waals surface area contributed by atoms with Gasteiger partial charge in [-0.2, -0.15) is 0 Å². The molecule has 1 fully saturated rings. The number of aryl methyl sites for hydroxylation is 3. The first-order valence-corrected chi connectivity index (χ1v) is 14.1. The number of amides is 3. The summed E-state index contributed by atoms with van der Waals surface area (Å²) in [6.45, 7) is 15.2. The van der Waals surface area contributed by atoms with Crippen LogP contribution in [0.3, 0.4) is 0 Å². The van der Waals surface area contributed by atoms with Gasteiger partial charge in [0.1, 0.15) is 17.7 Å². The van der Waals surface area contributed by atoms with Gasteiger partial charge in [0.15, 0.2) is 0 Å². The Balaban J connectivity index is 2.08. The monoisotopic (exact) mass is 535 g/mol. The molecule has 0 aromatic heterocycles. The first-order valence-electron chi connectivity index (χ1n) is 14.1. The van der Waals surface area contributed by atoms with Crippen molar-refractivity contribution < 1.29 is 19.1 Å². The van der Waals surface area contributed by atoms with E-state index in [1.165, 1.54) is 0 Å². The van der Waals surface area contributed by atoms with Crippen LogP contribution in [0.15, 0.2) is 42.5 Å². The van der Waals surface area contributed by atoms with E-state index in [1.54, 1.807) is 25.7 Å². The number of hydrogen-bond acceptors (Lipinski definition) is 4. The Labute approximate surface area is 233 Å². The fourth-order valence-electron chi connectivity index (χ4n) is 4.98. The number of carbonyl (C=O) groups excluding carboxylic acids is 3. The molecule has 212 valence electrons. The Hall–Kier alpha value is -3.35. The number of rotatable bonds is 9. The van der Waals surface area contributed by atoms with Crippen LogP contribution in [0.2, 0.25) is 0 Å². The highest BCUT2D eigenvalue weighted by atomic mass is 16.6. The van der Waals surface area contributed by atoms with Gasteiger partial charge in [0, 0.05) is 11.7 Å². The first-order chi connectivity index (χ1) is 18.3. The second-order valence-electron chi connectivity index (χ2n) is 11.9. The highest BCUT2D eigenvalue weighted by molar-refractivity contribution is 6.00. The van der Waals surface area contributed by atoms with Gasteiger partial charge in [-0.1, -0.05) is 62.7 Å². The number of benzene rings is 2. The van der Waals surface area contributed by atoms with Crippen LogP contribution in [-0.4, -0.2) is 40.5 Å². The summed E-state index contributed by atoms with van der Waals surface area (Å²) in [5.74, 6) is -0.682. The van der Waals surface area contributed by atoms with Gasteiger partial charge in [-0.3, -0.25) is 9.59 Å². The van der Waals surface area contributed by atoms with Crippen LogP contribution in [0.5, 0.6) is 0 Å². The lowest BCUT2D eigenvalue weighted by atomic mass is 9.86. The number of ether oxygens (including phenoxy) is 1. The minimum absolute atomic E-state index is 0.0992. The molecular weight excluding hydrogens is 490 g/mol. The Morgan fingerprint density at radius 2 is 1.56 bits per heavy atom. The predicted molar refractivity (Wildman–Crippen MR) is 156 cm³/mol. The Morgan fingerprint density at radius 3 is 2.08 bits per heavy atom. The number of alkyl carbamates (subject to hydrolysis) is 1. The maximum absolute atomic E-state index is 14.5. The van der Waals surface area contributed by atoms with Crippen molar-refractivity contribution in [1.82, 2.24) is 10.2 Å².